The van der Waals surface area contributed by atoms with Crippen LogP contribution in [0.2, 0.25) is 0 Å². The number of nitrogens with zero attached hydrogens (tertiary/aromatic N) is 2. The first-order chi connectivity index (χ1) is 9.29. The van der Waals surface area contributed by atoms with Crippen molar-refractivity contribution in [2.75, 3.05) is 26.7 Å². The van der Waals surface area contributed by atoms with Crippen LogP contribution in [0, 0.1) is 5.92 Å². The van der Waals surface area contributed by atoms with E-state index in [-0.39, 0.29) is 36.9 Å². The molecule has 0 aromatic carbocycles. The second-order valence-corrected chi connectivity index (χ2v) is 5.56. The van der Waals surface area contributed by atoms with E-state index in [1.165, 1.54) is 4.90 Å². The number of likely N-dealkylation sites (tertiary alicyclic amines) is 1. The number of carbonyl (C=O) groups excluding carboxylic acids is 2. The lowest BCUT2D eigenvalue weighted by Crippen LogP contribution is -2.45. The summed E-state index contributed by atoms with van der Waals surface area (Å²) in [6.45, 7) is 4.72. The van der Waals surface area contributed by atoms with Crippen LogP contribution in [0.15, 0.2) is 0 Å². The van der Waals surface area contributed by atoms with Gasteiger partial charge < -0.3 is 20.2 Å². The monoisotopic (exact) mass is 285 g/mol. The maximum absolute atomic E-state index is 12.1. The molecule has 1 unspecified atom stereocenters. The molecule has 0 saturated carbocycles. The van der Waals surface area contributed by atoms with Gasteiger partial charge in [0.05, 0.1) is 0 Å². The van der Waals surface area contributed by atoms with E-state index in [0.29, 0.717) is 19.5 Å². The molecule has 20 heavy (non-hydrogen) atoms. The first-order valence-corrected chi connectivity index (χ1v) is 6.80. The number of hydrogen-bond donors (Lipinski definition) is 2. The van der Waals surface area contributed by atoms with Crippen LogP contribution in [-0.4, -0.2) is 65.5 Å². The highest BCUT2D eigenvalue weighted by molar-refractivity contribution is 5.84. The Kier molecular flexibility index (Phi) is 5.79. The van der Waals surface area contributed by atoms with E-state index in [4.69, 9.17) is 5.11 Å². The van der Waals surface area contributed by atoms with Crippen molar-refractivity contribution < 1.29 is 19.5 Å². The van der Waals surface area contributed by atoms with Gasteiger partial charge in [0.2, 0.25) is 5.91 Å². The Morgan fingerprint density at radius 1 is 1.40 bits per heavy atom. The van der Waals surface area contributed by atoms with Crippen molar-refractivity contribution >= 4 is 17.9 Å². The molecule has 0 bridgehead atoms. The van der Waals surface area contributed by atoms with Crippen LogP contribution >= 0.6 is 0 Å². The average molecular weight is 285 g/mol. The molecule has 3 amide bonds. The standard InChI is InChI=1S/C13H23N3O4/c1-9(2)14-11(17)8-15(3)13(20)16-5-4-10(7-16)6-12(18)19/h9-10H,4-8H2,1-3H3,(H,14,17)(H,18,19). The van der Waals surface area contributed by atoms with E-state index in [9.17, 15) is 14.4 Å². The minimum absolute atomic E-state index is 0.00865. The number of rotatable bonds is 5. The molecule has 1 rings (SSSR count). The Labute approximate surface area is 118 Å². The number of carboxylic acids is 1. The molecule has 114 valence electrons. The number of carbonyl (C=O) groups is 3. The lowest BCUT2D eigenvalue weighted by Gasteiger charge is -2.24. The van der Waals surface area contributed by atoms with Gasteiger partial charge in [0.15, 0.2) is 0 Å². The fraction of sp³-hybridized carbons (Fsp3) is 0.769. The third-order valence-corrected chi connectivity index (χ3v) is 3.18. The molecule has 0 radical (unpaired) electrons. The Morgan fingerprint density at radius 3 is 2.60 bits per heavy atom. The highest BCUT2D eigenvalue weighted by Crippen LogP contribution is 2.20. The molecule has 1 fully saturated rings. The van der Waals surface area contributed by atoms with Gasteiger partial charge in [-0.25, -0.2) is 4.79 Å². The normalized spacial score (nSPS) is 18.2. The summed E-state index contributed by atoms with van der Waals surface area (Å²) in [5.74, 6) is -1.03. The van der Waals surface area contributed by atoms with Crippen LogP contribution in [0.25, 0.3) is 0 Å². The number of aliphatic carboxylic acids is 1. The van der Waals surface area contributed by atoms with Crippen molar-refractivity contribution in [3.8, 4) is 0 Å². The first-order valence-electron chi connectivity index (χ1n) is 6.80. The van der Waals surface area contributed by atoms with E-state index in [2.05, 4.69) is 5.32 Å². The van der Waals surface area contributed by atoms with Gasteiger partial charge in [-0.2, -0.15) is 0 Å². The van der Waals surface area contributed by atoms with Crippen LogP contribution in [0.5, 0.6) is 0 Å². The van der Waals surface area contributed by atoms with Gasteiger partial charge >= 0.3 is 12.0 Å². The van der Waals surface area contributed by atoms with Gasteiger partial charge in [0, 0.05) is 32.6 Å². The fourth-order valence-corrected chi connectivity index (χ4v) is 2.31. The Morgan fingerprint density at radius 2 is 2.05 bits per heavy atom. The van der Waals surface area contributed by atoms with Gasteiger partial charge in [-0.3, -0.25) is 9.59 Å². The lowest BCUT2D eigenvalue weighted by atomic mass is 10.1. The molecule has 1 aliphatic heterocycles. The molecule has 7 nitrogen and oxygen atoms in total. The number of amides is 3. The molecular formula is C13H23N3O4. The van der Waals surface area contributed by atoms with Gasteiger partial charge in [-0.1, -0.05) is 0 Å². The van der Waals surface area contributed by atoms with E-state index in [1.54, 1.807) is 11.9 Å². The van der Waals surface area contributed by atoms with Gasteiger partial charge in [0.25, 0.3) is 0 Å². The molecule has 1 atom stereocenters. The number of likely N-dealkylation sites (N-methyl/N-ethyl adjacent to an activating group) is 1. The molecule has 7 heteroatoms. The predicted molar refractivity (Wildman–Crippen MR) is 73.2 cm³/mol. The zero-order valence-corrected chi connectivity index (χ0v) is 12.3. The third-order valence-electron chi connectivity index (χ3n) is 3.18. The molecule has 1 aliphatic rings. The fourth-order valence-electron chi connectivity index (χ4n) is 2.31. The van der Waals surface area contributed by atoms with Crippen molar-refractivity contribution in [1.82, 2.24) is 15.1 Å². The van der Waals surface area contributed by atoms with Crippen LogP contribution in [0.3, 0.4) is 0 Å². The predicted octanol–water partition coefficient (Wildman–Crippen LogP) is 0.359. The minimum Gasteiger partial charge on any atom is -0.481 e. The zero-order chi connectivity index (χ0) is 15.3. The number of hydrogen-bond acceptors (Lipinski definition) is 3. The minimum atomic E-state index is -0.839. The Balaban J connectivity index is 2.42. The zero-order valence-electron chi connectivity index (χ0n) is 12.3. The molecule has 0 aromatic rings. The summed E-state index contributed by atoms with van der Waals surface area (Å²) in [5.41, 5.74) is 0. The lowest BCUT2D eigenvalue weighted by molar-refractivity contribution is -0.138. The number of urea groups is 1. The molecule has 2 N–H and O–H groups in total. The average Bonchev–Trinajstić information content (AvgIpc) is 2.74. The summed E-state index contributed by atoms with van der Waals surface area (Å²) < 4.78 is 0. The summed E-state index contributed by atoms with van der Waals surface area (Å²) >= 11 is 0. The molecule has 0 aliphatic carbocycles. The van der Waals surface area contributed by atoms with Crippen LogP contribution in [0.1, 0.15) is 26.7 Å². The first kappa shape index (κ1) is 16.3. The summed E-state index contributed by atoms with van der Waals surface area (Å²) in [4.78, 5) is 37.3. The SMILES string of the molecule is CC(C)NC(=O)CN(C)C(=O)N1CCC(CC(=O)O)C1. The van der Waals surface area contributed by atoms with Crippen molar-refractivity contribution in [2.45, 2.75) is 32.7 Å². The Hall–Kier alpha value is -1.79. The second kappa shape index (κ2) is 7.12. The largest absolute Gasteiger partial charge is 0.481 e. The number of nitrogens with one attached hydrogen (secondary N) is 1. The Bertz CT molecular complexity index is 384. The quantitative estimate of drug-likeness (QED) is 0.763. The van der Waals surface area contributed by atoms with Crippen LogP contribution in [-0.2, 0) is 9.59 Å². The smallest absolute Gasteiger partial charge is 0.320 e. The van der Waals surface area contributed by atoms with Crippen LogP contribution in [0.4, 0.5) is 4.79 Å². The van der Waals surface area contributed by atoms with E-state index >= 15 is 0 Å². The third kappa shape index (κ3) is 5.07. The summed E-state index contributed by atoms with van der Waals surface area (Å²) in [6, 6.07) is -0.186. The summed E-state index contributed by atoms with van der Waals surface area (Å²) in [5, 5.41) is 11.5. The van der Waals surface area contributed by atoms with E-state index < -0.39 is 5.97 Å². The van der Waals surface area contributed by atoms with Gasteiger partial charge in [-0.15, -0.1) is 0 Å². The highest BCUT2D eigenvalue weighted by Gasteiger charge is 2.29. The van der Waals surface area contributed by atoms with E-state index in [0.717, 1.165) is 0 Å². The summed E-state index contributed by atoms with van der Waals surface area (Å²) in [6.07, 6.45) is 0.783. The van der Waals surface area contributed by atoms with Crippen molar-refractivity contribution in [1.29, 1.82) is 0 Å². The molecular weight excluding hydrogens is 262 g/mol. The van der Waals surface area contributed by atoms with E-state index in [1.807, 2.05) is 13.8 Å². The molecule has 0 aromatic heterocycles. The van der Waals surface area contributed by atoms with Gasteiger partial charge in [0.1, 0.15) is 6.54 Å². The molecule has 0 spiro atoms. The van der Waals surface area contributed by atoms with Crippen LogP contribution < -0.4 is 5.32 Å². The maximum atomic E-state index is 12.1. The topological polar surface area (TPSA) is 90.0 Å². The number of carboxylic acid groups (broad SMARTS) is 1. The highest BCUT2D eigenvalue weighted by atomic mass is 16.4. The van der Waals surface area contributed by atoms with Crippen molar-refractivity contribution in [3.63, 3.8) is 0 Å². The van der Waals surface area contributed by atoms with Crippen molar-refractivity contribution in [3.05, 3.63) is 0 Å². The van der Waals surface area contributed by atoms with Gasteiger partial charge in [-0.05, 0) is 26.2 Å². The van der Waals surface area contributed by atoms with Crippen molar-refractivity contribution in [2.24, 2.45) is 5.92 Å². The molecule has 1 saturated heterocycles. The maximum Gasteiger partial charge on any atom is 0.320 e. The molecule has 1 heterocycles. The summed E-state index contributed by atoms with van der Waals surface area (Å²) in [7, 11) is 1.58. The second-order valence-electron chi connectivity index (χ2n) is 5.56.